The van der Waals surface area contributed by atoms with Crippen LogP contribution in [-0.2, 0) is 0 Å². The Labute approximate surface area is 119 Å². The Morgan fingerprint density at radius 1 is 1.20 bits per heavy atom. The summed E-state index contributed by atoms with van der Waals surface area (Å²) in [5, 5.41) is 1.88. The number of alkyl halides is 2. The van der Waals surface area contributed by atoms with Crippen LogP contribution in [0.1, 0.15) is 18.5 Å². The molecule has 106 valence electrons. The Morgan fingerprint density at radius 3 is 2.60 bits per heavy atom. The minimum atomic E-state index is -2.56. The van der Waals surface area contributed by atoms with Crippen LogP contribution in [-0.4, -0.2) is 33.4 Å². The maximum absolute atomic E-state index is 13.2. The van der Waals surface area contributed by atoms with Gasteiger partial charge >= 0.3 is 0 Å². The van der Waals surface area contributed by atoms with Gasteiger partial charge in [-0.1, -0.05) is 0 Å². The predicted octanol–water partition coefficient (Wildman–Crippen LogP) is 3.14. The maximum Gasteiger partial charge on any atom is 0.251 e. The first kappa shape index (κ1) is 13.4. The molecule has 3 heterocycles. The average molecular weight is 296 g/mol. The van der Waals surface area contributed by atoms with Crippen molar-refractivity contribution in [1.29, 1.82) is 0 Å². The second-order valence-corrected chi connectivity index (χ2v) is 5.59. The number of hydrogen-bond acceptors (Lipinski definition) is 5. The lowest BCUT2D eigenvalue weighted by molar-refractivity contribution is -0.0222. The topological polar surface area (TPSA) is 41.9 Å². The molecule has 3 rings (SSSR count). The first-order valence-electron chi connectivity index (χ1n) is 6.43. The van der Waals surface area contributed by atoms with Crippen LogP contribution < -0.4 is 4.90 Å². The molecule has 0 aromatic carbocycles. The third-order valence-electron chi connectivity index (χ3n) is 3.32. The van der Waals surface area contributed by atoms with Gasteiger partial charge in [0.2, 0.25) is 5.95 Å². The molecule has 0 spiro atoms. The molecule has 7 heteroatoms. The van der Waals surface area contributed by atoms with Crippen molar-refractivity contribution in [2.75, 3.05) is 18.0 Å². The minimum Gasteiger partial charge on any atom is -0.340 e. The van der Waals surface area contributed by atoms with Crippen LogP contribution in [0.4, 0.5) is 14.7 Å². The van der Waals surface area contributed by atoms with Crippen LogP contribution in [0, 0.1) is 6.92 Å². The molecular formula is C13H14F2N4S. The maximum atomic E-state index is 13.2. The predicted molar refractivity (Wildman–Crippen MR) is 74.3 cm³/mol. The van der Waals surface area contributed by atoms with Gasteiger partial charge in [0.1, 0.15) is 5.69 Å². The van der Waals surface area contributed by atoms with Gasteiger partial charge in [0.25, 0.3) is 5.92 Å². The van der Waals surface area contributed by atoms with E-state index in [0.717, 1.165) is 17.1 Å². The number of aryl methyl sites for hydroxylation is 1. The normalized spacial score (nSPS) is 18.2. The monoisotopic (exact) mass is 296 g/mol. The van der Waals surface area contributed by atoms with E-state index in [-0.39, 0.29) is 25.9 Å². The summed E-state index contributed by atoms with van der Waals surface area (Å²) in [4.78, 5) is 10.6. The van der Waals surface area contributed by atoms with Crippen molar-refractivity contribution in [2.45, 2.75) is 25.7 Å². The van der Waals surface area contributed by atoms with E-state index in [1.807, 2.05) is 29.3 Å². The third-order valence-corrected chi connectivity index (χ3v) is 3.88. The quantitative estimate of drug-likeness (QED) is 0.854. The molecule has 0 amide bonds. The van der Waals surface area contributed by atoms with Gasteiger partial charge in [0, 0.05) is 37.0 Å². The number of halogens is 2. The fourth-order valence-corrected chi connectivity index (χ4v) is 2.72. The smallest absolute Gasteiger partial charge is 0.251 e. The summed E-state index contributed by atoms with van der Waals surface area (Å²) >= 11 is 1.36. The van der Waals surface area contributed by atoms with E-state index >= 15 is 0 Å². The zero-order chi connectivity index (χ0) is 14.2. The zero-order valence-corrected chi connectivity index (χ0v) is 11.8. The molecule has 4 nitrogen and oxygen atoms in total. The fourth-order valence-electron chi connectivity index (χ4n) is 2.20. The Morgan fingerprint density at radius 2 is 1.95 bits per heavy atom. The van der Waals surface area contributed by atoms with Crippen LogP contribution in [0.2, 0.25) is 0 Å². The van der Waals surface area contributed by atoms with Gasteiger partial charge in [-0.15, -0.1) is 0 Å². The van der Waals surface area contributed by atoms with E-state index in [1.165, 1.54) is 11.5 Å². The summed E-state index contributed by atoms with van der Waals surface area (Å²) in [6.45, 7) is 2.44. The van der Waals surface area contributed by atoms with Crippen molar-refractivity contribution in [1.82, 2.24) is 14.3 Å². The number of nitrogens with zero attached hydrogens (tertiary/aromatic N) is 4. The molecule has 1 fully saturated rings. The van der Waals surface area contributed by atoms with Gasteiger partial charge in [-0.2, -0.15) is 4.37 Å². The summed E-state index contributed by atoms with van der Waals surface area (Å²) in [6.07, 6.45) is -0.285. The Balaban J connectivity index is 1.87. The van der Waals surface area contributed by atoms with Crippen LogP contribution in [0.15, 0.2) is 17.5 Å². The number of aromatic nitrogens is 3. The van der Waals surface area contributed by atoms with Crippen LogP contribution in [0.3, 0.4) is 0 Å². The molecule has 1 saturated heterocycles. The van der Waals surface area contributed by atoms with Crippen molar-refractivity contribution in [3.8, 4) is 11.4 Å². The molecule has 0 bridgehead atoms. The van der Waals surface area contributed by atoms with Gasteiger partial charge in [-0.25, -0.2) is 18.7 Å². The molecule has 2 aromatic rings. The lowest BCUT2D eigenvalue weighted by Crippen LogP contribution is -2.40. The van der Waals surface area contributed by atoms with Gasteiger partial charge in [0.15, 0.2) is 0 Å². The minimum absolute atomic E-state index is 0.143. The van der Waals surface area contributed by atoms with Gasteiger partial charge in [0.05, 0.1) is 5.69 Å². The van der Waals surface area contributed by atoms with E-state index in [9.17, 15) is 8.78 Å². The number of rotatable bonds is 2. The molecule has 0 N–H and O–H groups in total. The Bertz CT molecular complexity index is 590. The first-order valence-corrected chi connectivity index (χ1v) is 7.26. The van der Waals surface area contributed by atoms with E-state index in [2.05, 4.69) is 14.3 Å². The fraction of sp³-hybridized carbons (Fsp3) is 0.462. The van der Waals surface area contributed by atoms with Crippen molar-refractivity contribution in [2.24, 2.45) is 0 Å². The highest BCUT2D eigenvalue weighted by Crippen LogP contribution is 2.30. The lowest BCUT2D eigenvalue weighted by atomic mass is 10.1. The highest BCUT2D eigenvalue weighted by Gasteiger charge is 2.34. The molecule has 2 aromatic heterocycles. The highest BCUT2D eigenvalue weighted by molar-refractivity contribution is 7.03. The van der Waals surface area contributed by atoms with Crippen LogP contribution >= 0.6 is 11.5 Å². The van der Waals surface area contributed by atoms with E-state index in [1.54, 1.807) is 0 Å². The summed E-state index contributed by atoms with van der Waals surface area (Å²) in [7, 11) is 0. The van der Waals surface area contributed by atoms with E-state index in [4.69, 9.17) is 0 Å². The number of hydrogen-bond donors (Lipinski definition) is 0. The Hall–Kier alpha value is -1.63. The van der Waals surface area contributed by atoms with E-state index < -0.39 is 5.92 Å². The van der Waals surface area contributed by atoms with Crippen LogP contribution in [0.5, 0.6) is 0 Å². The highest BCUT2D eigenvalue weighted by atomic mass is 32.1. The number of piperidine rings is 1. The largest absolute Gasteiger partial charge is 0.340 e. The first-order chi connectivity index (χ1) is 9.53. The second-order valence-electron chi connectivity index (χ2n) is 4.92. The molecule has 0 saturated carbocycles. The Kier molecular flexibility index (Phi) is 3.37. The number of anilines is 1. The molecular weight excluding hydrogens is 282 g/mol. The molecule has 1 aliphatic heterocycles. The van der Waals surface area contributed by atoms with Crippen molar-refractivity contribution in [3.63, 3.8) is 0 Å². The molecule has 0 aliphatic carbocycles. The van der Waals surface area contributed by atoms with Crippen molar-refractivity contribution < 1.29 is 8.78 Å². The summed E-state index contributed by atoms with van der Waals surface area (Å²) in [5.41, 5.74) is 2.35. The molecule has 1 aliphatic rings. The van der Waals surface area contributed by atoms with Gasteiger partial charge in [-0.05, 0) is 30.6 Å². The summed E-state index contributed by atoms with van der Waals surface area (Å²) in [6, 6.07) is 3.75. The third kappa shape index (κ3) is 2.77. The summed E-state index contributed by atoms with van der Waals surface area (Å²) in [5.74, 6) is -2.04. The van der Waals surface area contributed by atoms with Gasteiger partial charge < -0.3 is 4.90 Å². The van der Waals surface area contributed by atoms with Crippen molar-refractivity contribution in [3.05, 3.63) is 23.2 Å². The van der Waals surface area contributed by atoms with Crippen LogP contribution in [0.25, 0.3) is 11.4 Å². The lowest BCUT2D eigenvalue weighted by Gasteiger charge is -2.31. The summed E-state index contributed by atoms with van der Waals surface area (Å²) < 4.78 is 30.6. The molecule has 20 heavy (non-hydrogen) atoms. The zero-order valence-electron chi connectivity index (χ0n) is 11.0. The second kappa shape index (κ2) is 5.05. The van der Waals surface area contributed by atoms with E-state index in [0.29, 0.717) is 5.95 Å². The SMILES string of the molecule is Cc1cc(-c2ccsn2)nc(N2CCC(F)(F)CC2)n1. The van der Waals surface area contributed by atoms with Crippen molar-refractivity contribution >= 4 is 17.5 Å². The van der Waals surface area contributed by atoms with Gasteiger partial charge in [-0.3, -0.25) is 0 Å². The standard InChI is InChI=1S/C13H14F2N4S/c1-9-8-11(10-2-7-20-18-10)17-12(16-9)19-5-3-13(14,15)4-6-19/h2,7-8H,3-6H2,1H3. The molecule has 0 atom stereocenters. The molecule has 0 radical (unpaired) electrons. The average Bonchev–Trinajstić information content (AvgIpc) is 2.91. The molecule has 0 unspecified atom stereocenters.